The lowest BCUT2D eigenvalue weighted by Gasteiger charge is -2.13. The Labute approximate surface area is 109 Å². The molecule has 0 aliphatic heterocycles. The maximum Gasteiger partial charge on any atom is 0.263 e. The Morgan fingerprint density at radius 2 is 2.05 bits per heavy atom. The fourth-order valence-electron chi connectivity index (χ4n) is 1.90. The van der Waals surface area contributed by atoms with Crippen LogP contribution in [0.2, 0.25) is 0 Å². The van der Waals surface area contributed by atoms with E-state index >= 15 is 0 Å². The SMILES string of the molecule is CCCn1nncc1C(O)c1cccc(C(F)F)c1. The first-order valence-corrected chi connectivity index (χ1v) is 6.08. The smallest absolute Gasteiger partial charge is 0.263 e. The van der Waals surface area contributed by atoms with Gasteiger partial charge < -0.3 is 5.11 Å². The average Bonchev–Trinajstić information content (AvgIpc) is 2.86. The monoisotopic (exact) mass is 267 g/mol. The van der Waals surface area contributed by atoms with Gasteiger partial charge in [-0.3, -0.25) is 0 Å². The van der Waals surface area contributed by atoms with Crippen LogP contribution in [-0.4, -0.2) is 20.1 Å². The summed E-state index contributed by atoms with van der Waals surface area (Å²) in [6.07, 6.45) is -1.25. The van der Waals surface area contributed by atoms with Gasteiger partial charge in [0.2, 0.25) is 0 Å². The summed E-state index contributed by atoms with van der Waals surface area (Å²) in [6, 6.07) is 5.76. The number of halogens is 2. The van der Waals surface area contributed by atoms with Crippen LogP contribution >= 0.6 is 0 Å². The minimum absolute atomic E-state index is 0.105. The molecule has 1 heterocycles. The van der Waals surface area contributed by atoms with Crippen LogP contribution in [0.3, 0.4) is 0 Å². The Bertz CT molecular complexity index is 542. The average molecular weight is 267 g/mol. The molecule has 1 N–H and O–H groups in total. The molecule has 1 aromatic heterocycles. The van der Waals surface area contributed by atoms with Gasteiger partial charge in [-0.2, -0.15) is 0 Å². The first-order chi connectivity index (χ1) is 9.13. The van der Waals surface area contributed by atoms with Crippen molar-refractivity contribution in [1.29, 1.82) is 0 Å². The fraction of sp³-hybridized carbons (Fsp3) is 0.385. The molecule has 0 spiro atoms. The Kier molecular flexibility index (Phi) is 4.21. The molecule has 0 aliphatic rings. The van der Waals surface area contributed by atoms with Gasteiger partial charge in [0.15, 0.2) is 0 Å². The summed E-state index contributed by atoms with van der Waals surface area (Å²) >= 11 is 0. The van der Waals surface area contributed by atoms with Crippen molar-refractivity contribution in [3.63, 3.8) is 0 Å². The van der Waals surface area contributed by atoms with Gasteiger partial charge in [0.1, 0.15) is 6.10 Å². The van der Waals surface area contributed by atoms with E-state index in [0.29, 0.717) is 17.8 Å². The van der Waals surface area contributed by atoms with Gasteiger partial charge >= 0.3 is 0 Å². The van der Waals surface area contributed by atoms with E-state index < -0.39 is 12.5 Å². The number of alkyl halides is 2. The van der Waals surface area contributed by atoms with Crippen molar-refractivity contribution in [2.24, 2.45) is 0 Å². The Hall–Kier alpha value is -1.82. The summed E-state index contributed by atoms with van der Waals surface area (Å²) in [6.45, 7) is 2.61. The van der Waals surface area contributed by atoms with Crippen LogP contribution in [0.25, 0.3) is 0 Å². The quantitative estimate of drug-likeness (QED) is 0.906. The summed E-state index contributed by atoms with van der Waals surface area (Å²) in [5.41, 5.74) is 0.816. The number of aliphatic hydroxyl groups is 1. The number of hydrogen-bond acceptors (Lipinski definition) is 3. The van der Waals surface area contributed by atoms with Crippen LogP contribution in [0.15, 0.2) is 30.5 Å². The van der Waals surface area contributed by atoms with E-state index in [4.69, 9.17) is 0 Å². The van der Waals surface area contributed by atoms with Gasteiger partial charge in [0, 0.05) is 12.1 Å². The molecule has 102 valence electrons. The molecule has 0 radical (unpaired) electrons. The van der Waals surface area contributed by atoms with Crippen LogP contribution in [0.1, 0.15) is 42.7 Å². The number of aryl methyl sites for hydroxylation is 1. The van der Waals surface area contributed by atoms with E-state index in [2.05, 4.69) is 10.3 Å². The van der Waals surface area contributed by atoms with E-state index in [-0.39, 0.29) is 5.56 Å². The Morgan fingerprint density at radius 3 is 2.74 bits per heavy atom. The zero-order valence-corrected chi connectivity index (χ0v) is 10.5. The molecule has 19 heavy (non-hydrogen) atoms. The van der Waals surface area contributed by atoms with E-state index in [9.17, 15) is 13.9 Å². The van der Waals surface area contributed by atoms with E-state index in [1.54, 1.807) is 10.7 Å². The Morgan fingerprint density at radius 1 is 1.32 bits per heavy atom. The number of rotatable bonds is 5. The highest BCUT2D eigenvalue weighted by Crippen LogP contribution is 2.26. The van der Waals surface area contributed by atoms with Crippen LogP contribution in [0.4, 0.5) is 8.78 Å². The number of aliphatic hydroxyl groups excluding tert-OH is 1. The largest absolute Gasteiger partial charge is 0.382 e. The summed E-state index contributed by atoms with van der Waals surface area (Å²) in [5.74, 6) is 0. The van der Waals surface area contributed by atoms with Crippen molar-refractivity contribution < 1.29 is 13.9 Å². The number of hydrogen-bond donors (Lipinski definition) is 1. The zero-order chi connectivity index (χ0) is 13.8. The molecule has 1 aromatic carbocycles. The normalized spacial score (nSPS) is 12.9. The lowest BCUT2D eigenvalue weighted by atomic mass is 10.0. The summed E-state index contributed by atoms with van der Waals surface area (Å²) in [4.78, 5) is 0. The highest BCUT2D eigenvalue weighted by Gasteiger charge is 2.17. The van der Waals surface area contributed by atoms with Gasteiger partial charge in [-0.05, 0) is 18.1 Å². The lowest BCUT2D eigenvalue weighted by Crippen LogP contribution is -2.10. The van der Waals surface area contributed by atoms with Crippen LogP contribution in [0, 0.1) is 0 Å². The molecule has 6 heteroatoms. The third kappa shape index (κ3) is 2.96. The van der Waals surface area contributed by atoms with Gasteiger partial charge in [0.25, 0.3) is 6.43 Å². The standard InChI is InChI=1S/C13H15F2N3O/c1-2-6-18-11(8-16-17-18)12(19)9-4-3-5-10(7-9)13(14)15/h3-5,7-8,12-13,19H,2,6H2,1H3. The molecule has 0 aliphatic carbocycles. The van der Waals surface area contributed by atoms with Gasteiger partial charge in [-0.1, -0.05) is 30.3 Å². The van der Waals surface area contributed by atoms with Crippen molar-refractivity contribution in [1.82, 2.24) is 15.0 Å². The third-order valence-corrected chi connectivity index (χ3v) is 2.84. The van der Waals surface area contributed by atoms with Gasteiger partial charge in [-0.25, -0.2) is 13.5 Å². The second-order valence-electron chi connectivity index (χ2n) is 4.26. The van der Waals surface area contributed by atoms with Crippen molar-refractivity contribution in [2.45, 2.75) is 32.4 Å². The minimum atomic E-state index is -2.55. The molecule has 2 aromatic rings. The van der Waals surface area contributed by atoms with Crippen LogP contribution in [-0.2, 0) is 6.54 Å². The lowest BCUT2D eigenvalue weighted by molar-refractivity contribution is 0.150. The highest BCUT2D eigenvalue weighted by atomic mass is 19.3. The maximum atomic E-state index is 12.6. The van der Waals surface area contributed by atoms with E-state index in [1.807, 2.05) is 6.92 Å². The second-order valence-corrected chi connectivity index (χ2v) is 4.26. The minimum Gasteiger partial charge on any atom is -0.382 e. The molecular weight excluding hydrogens is 252 g/mol. The van der Waals surface area contributed by atoms with Crippen molar-refractivity contribution in [3.8, 4) is 0 Å². The molecule has 1 atom stereocenters. The van der Waals surface area contributed by atoms with E-state index in [0.717, 1.165) is 6.42 Å². The topological polar surface area (TPSA) is 50.9 Å². The maximum absolute atomic E-state index is 12.6. The molecule has 0 amide bonds. The zero-order valence-electron chi connectivity index (χ0n) is 10.5. The highest BCUT2D eigenvalue weighted by molar-refractivity contribution is 5.29. The Balaban J connectivity index is 2.30. The second kappa shape index (κ2) is 5.88. The van der Waals surface area contributed by atoms with Gasteiger partial charge in [-0.15, -0.1) is 5.10 Å². The molecule has 0 bridgehead atoms. The predicted octanol–water partition coefficient (Wildman–Crippen LogP) is 2.71. The molecule has 2 rings (SSSR count). The van der Waals surface area contributed by atoms with Gasteiger partial charge in [0.05, 0.1) is 11.9 Å². The molecular formula is C13H15F2N3O. The molecule has 0 saturated carbocycles. The molecule has 0 saturated heterocycles. The first-order valence-electron chi connectivity index (χ1n) is 6.08. The van der Waals surface area contributed by atoms with Crippen LogP contribution in [0.5, 0.6) is 0 Å². The predicted molar refractivity (Wildman–Crippen MR) is 65.8 cm³/mol. The van der Waals surface area contributed by atoms with Crippen LogP contribution < -0.4 is 0 Å². The summed E-state index contributed by atoms with van der Waals surface area (Å²) in [7, 11) is 0. The number of benzene rings is 1. The van der Waals surface area contributed by atoms with E-state index in [1.165, 1.54) is 24.4 Å². The van der Waals surface area contributed by atoms with Crippen molar-refractivity contribution in [2.75, 3.05) is 0 Å². The third-order valence-electron chi connectivity index (χ3n) is 2.84. The van der Waals surface area contributed by atoms with Crippen molar-refractivity contribution >= 4 is 0 Å². The summed E-state index contributed by atoms with van der Waals surface area (Å²) < 4.78 is 26.9. The number of aromatic nitrogens is 3. The van der Waals surface area contributed by atoms with Crippen molar-refractivity contribution in [3.05, 3.63) is 47.3 Å². The molecule has 4 nitrogen and oxygen atoms in total. The number of nitrogens with zero attached hydrogens (tertiary/aromatic N) is 3. The molecule has 0 fully saturated rings. The first kappa shape index (κ1) is 13.6. The molecule has 1 unspecified atom stereocenters. The fourth-order valence-corrected chi connectivity index (χ4v) is 1.90. The summed E-state index contributed by atoms with van der Waals surface area (Å²) in [5, 5.41) is 17.9.